The Hall–Kier alpha value is -0.410. The highest BCUT2D eigenvalue weighted by atomic mass is 79.9. The maximum absolute atomic E-state index is 14.0. The molecule has 1 aromatic carbocycles. The highest BCUT2D eigenvalue weighted by Gasteiger charge is 2.29. The van der Waals surface area contributed by atoms with Crippen LogP contribution in [0.2, 0.25) is 0 Å². The third-order valence-electron chi connectivity index (χ3n) is 3.55. The Bertz CT molecular complexity index is 380. The van der Waals surface area contributed by atoms with E-state index < -0.39 is 0 Å². The largest absolute Gasteiger partial charge is 0.327 e. The maximum atomic E-state index is 14.0. The van der Waals surface area contributed by atoms with E-state index in [1.165, 1.54) is 0 Å². The van der Waals surface area contributed by atoms with Gasteiger partial charge in [0.2, 0.25) is 0 Å². The topological polar surface area (TPSA) is 26.0 Å². The fourth-order valence-corrected chi connectivity index (χ4v) is 2.95. The number of halogens is 2. The number of benzene rings is 1. The van der Waals surface area contributed by atoms with Gasteiger partial charge in [-0.1, -0.05) is 19.1 Å². The van der Waals surface area contributed by atoms with Crippen molar-refractivity contribution in [2.24, 2.45) is 11.7 Å². The average Bonchev–Trinajstić information content (AvgIpc) is 2.26. The molecule has 1 aromatic rings. The lowest BCUT2D eigenvalue weighted by atomic mass is 9.75. The molecule has 2 rings (SSSR count). The zero-order valence-electron chi connectivity index (χ0n) is 9.42. The first-order chi connectivity index (χ1) is 7.59. The summed E-state index contributed by atoms with van der Waals surface area (Å²) in [6.07, 6.45) is 3.15. The molecule has 0 spiro atoms. The van der Waals surface area contributed by atoms with Crippen molar-refractivity contribution in [1.29, 1.82) is 0 Å². The lowest BCUT2D eigenvalue weighted by Crippen LogP contribution is -2.34. The molecule has 0 amide bonds. The predicted molar refractivity (Wildman–Crippen MR) is 67.8 cm³/mol. The Balaban J connectivity index is 2.31. The summed E-state index contributed by atoms with van der Waals surface area (Å²) in [6.45, 7) is 2.22. The Morgan fingerprint density at radius 3 is 2.88 bits per heavy atom. The maximum Gasteiger partial charge on any atom is 0.140 e. The smallest absolute Gasteiger partial charge is 0.140 e. The van der Waals surface area contributed by atoms with Crippen molar-refractivity contribution in [2.45, 2.75) is 38.1 Å². The normalized spacial score (nSPS) is 30.4. The van der Waals surface area contributed by atoms with Gasteiger partial charge >= 0.3 is 0 Å². The summed E-state index contributed by atoms with van der Waals surface area (Å²) in [4.78, 5) is 0. The van der Waals surface area contributed by atoms with Crippen LogP contribution in [0.5, 0.6) is 0 Å². The molecule has 0 aromatic heterocycles. The molecule has 0 radical (unpaired) electrons. The molecule has 1 aliphatic rings. The van der Waals surface area contributed by atoms with Crippen LogP contribution >= 0.6 is 15.9 Å². The Kier molecular flexibility index (Phi) is 3.65. The monoisotopic (exact) mass is 285 g/mol. The van der Waals surface area contributed by atoms with E-state index in [9.17, 15) is 4.39 Å². The van der Waals surface area contributed by atoms with Gasteiger partial charge in [-0.25, -0.2) is 4.39 Å². The number of nitrogens with two attached hydrogens (primary N) is 1. The van der Waals surface area contributed by atoms with Crippen molar-refractivity contribution in [3.63, 3.8) is 0 Å². The first-order valence-corrected chi connectivity index (χ1v) is 6.58. The molecule has 16 heavy (non-hydrogen) atoms. The summed E-state index contributed by atoms with van der Waals surface area (Å²) < 4.78 is 14.5. The lowest BCUT2D eigenvalue weighted by Gasteiger charge is -2.33. The lowest BCUT2D eigenvalue weighted by molar-refractivity contribution is 0.301. The van der Waals surface area contributed by atoms with Crippen LogP contribution in [0.15, 0.2) is 22.7 Å². The van der Waals surface area contributed by atoms with Gasteiger partial charge in [0, 0.05) is 12.0 Å². The van der Waals surface area contributed by atoms with Gasteiger partial charge in [0.1, 0.15) is 5.82 Å². The second-order valence-electron chi connectivity index (χ2n) is 4.83. The Morgan fingerprint density at radius 2 is 2.12 bits per heavy atom. The van der Waals surface area contributed by atoms with Gasteiger partial charge in [0.15, 0.2) is 0 Å². The molecule has 2 N–H and O–H groups in total. The fraction of sp³-hybridized carbons (Fsp3) is 0.538. The summed E-state index contributed by atoms with van der Waals surface area (Å²) in [6, 6.07) is 5.58. The van der Waals surface area contributed by atoms with Gasteiger partial charge < -0.3 is 5.73 Å². The van der Waals surface area contributed by atoms with Crippen LogP contribution in [-0.4, -0.2) is 6.04 Å². The van der Waals surface area contributed by atoms with Crippen molar-refractivity contribution in [3.8, 4) is 0 Å². The van der Waals surface area contributed by atoms with Gasteiger partial charge in [0.25, 0.3) is 0 Å². The number of hydrogen-bond acceptors (Lipinski definition) is 1. The van der Waals surface area contributed by atoms with E-state index in [1.54, 1.807) is 6.07 Å². The van der Waals surface area contributed by atoms with Crippen molar-refractivity contribution < 1.29 is 4.39 Å². The zero-order valence-corrected chi connectivity index (χ0v) is 11.0. The van der Waals surface area contributed by atoms with Gasteiger partial charge in [-0.2, -0.15) is 0 Å². The summed E-state index contributed by atoms with van der Waals surface area (Å²) in [7, 11) is 0. The minimum absolute atomic E-state index is 0.0972. The van der Waals surface area contributed by atoms with Crippen LogP contribution in [0.3, 0.4) is 0 Å². The third kappa shape index (κ3) is 2.30. The van der Waals surface area contributed by atoms with Gasteiger partial charge in [-0.05, 0) is 52.7 Å². The molecule has 1 aliphatic carbocycles. The molecule has 88 valence electrons. The summed E-state index contributed by atoms with van der Waals surface area (Å²) in [5, 5.41) is 0. The van der Waals surface area contributed by atoms with E-state index in [2.05, 4.69) is 22.9 Å². The molecule has 1 fully saturated rings. The highest BCUT2D eigenvalue weighted by molar-refractivity contribution is 9.10. The predicted octanol–water partition coefficient (Wildman–Crippen LogP) is 3.82. The summed E-state index contributed by atoms with van der Waals surface area (Å²) in [5.41, 5.74) is 6.88. The van der Waals surface area contributed by atoms with Crippen LogP contribution in [0.1, 0.15) is 37.7 Å². The first kappa shape index (κ1) is 12.1. The standard InChI is InChI=1S/C13H17BrFN/c1-8-5-6-12(16)10(7-8)9-3-2-4-11(14)13(9)15/h2-4,8,10,12H,5-7,16H2,1H3. The molecule has 0 aliphatic heterocycles. The molecule has 1 nitrogen and oxygen atoms in total. The molecule has 0 saturated heterocycles. The average molecular weight is 286 g/mol. The molecule has 3 unspecified atom stereocenters. The van der Waals surface area contributed by atoms with E-state index in [4.69, 9.17) is 5.73 Å². The van der Waals surface area contributed by atoms with Gasteiger partial charge in [-0.3, -0.25) is 0 Å². The molecule has 3 heteroatoms. The second-order valence-corrected chi connectivity index (χ2v) is 5.69. The molecule has 0 heterocycles. The zero-order chi connectivity index (χ0) is 11.7. The van der Waals surface area contributed by atoms with Crippen LogP contribution in [0.25, 0.3) is 0 Å². The van der Waals surface area contributed by atoms with Crippen molar-refractivity contribution in [3.05, 3.63) is 34.1 Å². The van der Waals surface area contributed by atoms with E-state index in [1.807, 2.05) is 12.1 Å². The summed E-state index contributed by atoms with van der Waals surface area (Å²) in [5.74, 6) is 0.668. The van der Waals surface area contributed by atoms with Crippen molar-refractivity contribution >= 4 is 15.9 Å². The molecule has 3 atom stereocenters. The van der Waals surface area contributed by atoms with Crippen LogP contribution in [-0.2, 0) is 0 Å². The van der Waals surface area contributed by atoms with E-state index in [-0.39, 0.29) is 17.8 Å². The second kappa shape index (κ2) is 4.84. The third-order valence-corrected chi connectivity index (χ3v) is 4.16. The molecular weight excluding hydrogens is 269 g/mol. The highest BCUT2D eigenvalue weighted by Crippen LogP contribution is 2.37. The van der Waals surface area contributed by atoms with E-state index in [0.29, 0.717) is 10.4 Å². The van der Waals surface area contributed by atoms with E-state index >= 15 is 0 Å². The van der Waals surface area contributed by atoms with Crippen molar-refractivity contribution in [1.82, 2.24) is 0 Å². The molecule has 0 bridgehead atoms. The number of hydrogen-bond donors (Lipinski definition) is 1. The van der Waals surface area contributed by atoms with Crippen LogP contribution < -0.4 is 5.73 Å². The first-order valence-electron chi connectivity index (χ1n) is 5.79. The number of rotatable bonds is 1. The van der Waals surface area contributed by atoms with Crippen LogP contribution in [0.4, 0.5) is 4.39 Å². The quantitative estimate of drug-likeness (QED) is 0.834. The Labute approximate surface area is 104 Å². The van der Waals surface area contributed by atoms with E-state index in [0.717, 1.165) is 24.8 Å². The van der Waals surface area contributed by atoms with Gasteiger partial charge in [-0.15, -0.1) is 0 Å². The molecular formula is C13H17BrFN. The minimum atomic E-state index is -0.142. The molecule has 1 saturated carbocycles. The Morgan fingerprint density at radius 1 is 1.38 bits per heavy atom. The minimum Gasteiger partial charge on any atom is -0.327 e. The summed E-state index contributed by atoms with van der Waals surface area (Å²) >= 11 is 3.23. The van der Waals surface area contributed by atoms with Gasteiger partial charge in [0.05, 0.1) is 4.47 Å². The SMILES string of the molecule is CC1CCC(N)C(c2cccc(Br)c2F)C1. The fourth-order valence-electron chi connectivity index (χ4n) is 2.57. The van der Waals surface area contributed by atoms with Crippen LogP contribution in [0, 0.1) is 11.7 Å². The van der Waals surface area contributed by atoms with Crippen molar-refractivity contribution in [2.75, 3.05) is 0 Å².